The van der Waals surface area contributed by atoms with Gasteiger partial charge in [-0.05, 0) is 71.8 Å². The van der Waals surface area contributed by atoms with E-state index in [1.54, 1.807) is 61.2 Å². The Labute approximate surface area is 440 Å². The maximum absolute atomic E-state index is 14.2. The summed E-state index contributed by atoms with van der Waals surface area (Å²) in [6.45, 7) is 4.29. The Hall–Kier alpha value is -10.3. The maximum atomic E-state index is 14.2. The van der Waals surface area contributed by atoms with Crippen molar-refractivity contribution in [1.82, 2.24) is 19.9 Å². The van der Waals surface area contributed by atoms with Crippen LogP contribution in [-0.4, -0.2) is 45.7 Å². The Morgan fingerprint density at radius 2 is 0.813 bits per heavy atom. The van der Waals surface area contributed by atoms with Gasteiger partial charge in [-0.1, -0.05) is 13.8 Å². The second-order valence-electron chi connectivity index (χ2n) is 17.2. The molecule has 6 heterocycles. The van der Waals surface area contributed by atoms with Gasteiger partial charge in [0.05, 0.1) is 68.3 Å². The number of carbonyl (C=O) groups excluding carboxylic acids is 2. The van der Waals surface area contributed by atoms with Gasteiger partial charge in [-0.15, -0.1) is 45.3 Å². The summed E-state index contributed by atoms with van der Waals surface area (Å²) in [6.07, 6.45) is 3.18. The van der Waals surface area contributed by atoms with E-state index in [1.165, 1.54) is 46.9 Å². The van der Waals surface area contributed by atoms with Gasteiger partial charge in [0.15, 0.2) is 0 Å². The van der Waals surface area contributed by atoms with E-state index in [9.17, 15) is 51.7 Å². The Morgan fingerprint density at radius 1 is 0.480 bits per heavy atom. The van der Waals surface area contributed by atoms with Gasteiger partial charge in [-0.25, -0.2) is 19.9 Å². The molecule has 3 aliphatic rings. The Kier molecular flexibility index (Phi) is 11.0. The highest BCUT2D eigenvalue weighted by molar-refractivity contribution is 7.29. The fourth-order valence-corrected chi connectivity index (χ4v) is 14.5. The van der Waals surface area contributed by atoms with E-state index in [0.717, 1.165) is 40.4 Å². The number of nitrogens with zero attached hydrogens (tertiary/aromatic N) is 12. The Balaban J connectivity index is 0.954. The molecule has 11 rings (SSSR count). The predicted molar refractivity (Wildman–Crippen MR) is 278 cm³/mol. The summed E-state index contributed by atoms with van der Waals surface area (Å²) in [6, 6.07) is 28.8. The van der Waals surface area contributed by atoms with E-state index in [-0.39, 0.29) is 101 Å². The summed E-state index contributed by atoms with van der Waals surface area (Å²) in [5.74, 6) is -0.0708. The lowest BCUT2D eigenvalue weighted by Crippen LogP contribution is -2.13. The molecular weight excluding hydrogens is 1020 g/mol. The van der Waals surface area contributed by atoms with Crippen molar-refractivity contribution in [2.24, 2.45) is 0 Å². The van der Waals surface area contributed by atoms with Crippen molar-refractivity contribution in [3.8, 4) is 89.3 Å². The number of ether oxygens (including phenoxy) is 2. The lowest BCUT2D eigenvalue weighted by Gasteiger charge is -2.19. The van der Waals surface area contributed by atoms with E-state index in [1.807, 2.05) is 48.6 Å². The first-order chi connectivity index (χ1) is 36.2. The quantitative estimate of drug-likeness (QED) is 0.110. The molecule has 8 aromatic rings. The van der Waals surface area contributed by atoms with Crippen LogP contribution in [0.1, 0.15) is 89.3 Å². The third kappa shape index (κ3) is 7.04. The molecule has 3 aliphatic carbocycles. The first-order valence-electron chi connectivity index (χ1n) is 21.9. The fraction of sp³-hybridized carbons (Fsp3) is 0.0909. The number of aromatic nitrogens is 4. The summed E-state index contributed by atoms with van der Waals surface area (Å²) in [5, 5.41) is 78.7. The number of fused-ring (bicyclic) bond motifs is 7. The molecular formula is C55H22N12O4S4. The van der Waals surface area contributed by atoms with E-state index < -0.39 is 17.0 Å². The Morgan fingerprint density at radius 3 is 1.12 bits per heavy atom. The van der Waals surface area contributed by atoms with Gasteiger partial charge >= 0.3 is 0 Å². The van der Waals surface area contributed by atoms with Crippen molar-refractivity contribution >= 4 is 102 Å². The average molecular weight is 1040 g/mol. The molecule has 350 valence electrons. The third-order valence-corrected chi connectivity index (χ3v) is 17.8. The molecule has 0 amide bonds. The van der Waals surface area contributed by atoms with Gasteiger partial charge in [0.25, 0.3) is 0 Å². The monoisotopic (exact) mass is 1040 g/mol. The van der Waals surface area contributed by atoms with Crippen LogP contribution in [0.3, 0.4) is 0 Å². The second kappa shape index (κ2) is 17.5. The topological polar surface area (TPSA) is 294 Å². The van der Waals surface area contributed by atoms with Crippen molar-refractivity contribution in [3.63, 3.8) is 0 Å². The van der Waals surface area contributed by atoms with Gasteiger partial charge in [-0.3, -0.25) is 9.59 Å². The van der Waals surface area contributed by atoms with Crippen molar-refractivity contribution in [2.45, 2.75) is 19.3 Å². The van der Waals surface area contributed by atoms with Gasteiger partial charge in [0.2, 0.25) is 11.6 Å². The van der Waals surface area contributed by atoms with Crippen molar-refractivity contribution in [1.29, 1.82) is 42.1 Å². The zero-order valence-corrected chi connectivity index (χ0v) is 42.2. The highest BCUT2D eigenvalue weighted by Crippen LogP contribution is 2.60. The van der Waals surface area contributed by atoms with Gasteiger partial charge < -0.3 is 9.47 Å². The van der Waals surface area contributed by atoms with Crippen LogP contribution in [0.4, 0.5) is 0 Å². The van der Waals surface area contributed by atoms with E-state index in [2.05, 4.69) is 45.9 Å². The SMILES string of the molecule is COc1cc(/C=C2\C(=O)c3nc4cc(C#N)c(C#N)cc4nc3C2=C(C#N)C#N)sc1-c1cc2c(s1)-c1sc(-c3sc(/C=C4\C(=O)c5nc6cc(C#N)c(C#N)cc6nc5C4=C(C#N)C#N)cc3OC)cc1C2(C)C. The molecule has 0 atom stereocenters. The number of hydrogen-bond acceptors (Lipinski definition) is 20. The molecule has 0 aliphatic heterocycles. The normalized spacial score (nSPS) is 14.5. The van der Waals surface area contributed by atoms with E-state index >= 15 is 0 Å². The van der Waals surface area contributed by atoms with Crippen molar-refractivity contribution < 1.29 is 19.1 Å². The number of thiophene rings is 4. The van der Waals surface area contributed by atoms with E-state index in [0.29, 0.717) is 21.3 Å². The van der Waals surface area contributed by atoms with Crippen molar-refractivity contribution in [2.75, 3.05) is 14.2 Å². The second-order valence-corrected chi connectivity index (χ2v) is 21.5. The van der Waals surface area contributed by atoms with Crippen LogP contribution in [0.5, 0.6) is 11.5 Å². The van der Waals surface area contributed by atoms with Crippen LogP contribution in [-0.2, 0) is 5.41 Å². The minimum Gasteiger partial charge on any atom is -0.495 e. The zero-order valence-electron chi connectivity index (χ0n) is 38.9. The molecule has 0 spiro atoms. The highest BCUT2D eigenvalue weighted by atomic mass is 32.1. The Bertz CT molecular complexity index is 4250. The van der Waals surface area contributed by atoms with Gasteiger partial charge in [-0.2, -0.15) is 42.1 Å². The van der Waals surface area contributed by atoms with E-state index in [4.69, 9.17) is 9.47 Å². The largest absolute Gasteiger partial charge is 0.495 e. The van der Waals surface area contributed by atoms with Crippen LogP contribution in [0.2, 0.25) is 0 Å². The van der Waals surface area contributed by atoms with Crippen LogP contribution in [0, 0.1) is 90.6 Å². The third-order valence-electron chi connectivity index (χ3n) is 12.9. The molecule has 20 heteroatoms. The lowest BCUT2D eigenvalue weighted by molar-refractivity contribution is 0.103. The number of ketones is 2. The maximum Gasteiger partial charge on any atom is 0.214 e. The van der Waals surface area contributed by atoms with Crippen LogP contribution in [0.25, 0.3) is 74.6 Å². The number of Topliss-reactive ketones (excluding diaryl/α,β-unsaturated/α-hetero) is 2. The molecule has 16 nitrogen and oxygen atoms in total. The number of hydrogen-bond donors (Lipinski definition) is 0. The standard InChI is InChI=1S/C55H22N12O4S4/c1-55(2)33-13-41(53-39(70-3)11-29(72-53)9-31-43(27(19-60)20-61)45-47(49(31)68)66-37-7-25(17-58)23(15-56)5-35(37)64-45)74-51(33)52-34(55)14-42(75-52)54-40(71-4)12-30(73-54)10-32-44(28(21-62)22-63)46-48(50(32)69)67-38-8-26(18-59)24(16-57)6-36(38)65-46/h5-14H,1-4H3/b31-9-,32-10-. The first kappa shape index (κ1) is 47.1. The minimum atomic E-state index is -0.568. The molecule has 6 aromatic heterocycles. The highest BCUT2D eigenvalue weighted by Gasteiger charge is 2.42. The minimum absolute atomic E-state index is 0.0122. The van der Waals surface area contributed by atoms with Crippen molar-refractivity contribution in [3.05, 3.63) is 137 Å². The molecule has 75 heavy (non-hydrogen) atoms. The van der Waals surface area contributed by atoms with Gasteiger partial charge in [0.1, 0.15) is 94.0 Å². The predicted octanol–water partition coefficient (Wildman–Crippen LogP) is 11.1. The summed E-state index contributed by atoms with van der Waals surface area (Å²) in [5.41, 5.74) is 2.07. The molecule has 0 N–H and O–H groups in total. The molecule has 0 bridgehead atoms. The molecule has 0 radical (unpaired) electrons. The van der Waals surface area contributed by atoms with Crippen LogP contribution < -0.4 is 9.47 Å². The number of rotatable bonds is 6. The molecule has 2 aromatic carbocycles. The number of methoxy groups -OCH3 is 2. The molecule has 0 unspecified atom stereocenters. The fourth-order valence-electron chi connectivity index (χ4n) is 9.31. The number of nitriles is 8. The smallest absolute Gasteiger partial charge is 0.214 e. The zero-order chi connectivity index (χ0) is 52.8. The molecule has 0 fully saturated rings. The lowest BCUT2D eigenvalue weighted by atomic mass is 9.84. The van der Waals surface area contributed by atoms with Crippen LogP contribution >= 0.6 is 45.3 Å². The number of benzene rings is 2. The summed E-state index contributed by atoms with van der Waals surface area (Å²) < 4.78 is 11.8. The van der Waals surface area contributed by atoms with Gasteiger partial charge in [0, 0.05) is 57.0 Å². The number of allylic oxidation sites excluding steroid dienone is 6. The first-order valence-corrected chi connectivity index (χ1v) is 25.1. The number of carbonyl (C=O) groups is 2. The average Bonchev–Trinajstić information content (AvgIpc) is 4.34. The molecule has 0 saturated heterocycles. The summed E-state index contributed by atoms with van der Waals surface area (Å²) in [7, 11) is 3.09. The summed E-state index contributed by atoms with van der Waals surface area (Å²) >= 11 is 5.88. The summed E-state index contributed by atoms with van der Waals surface area (Å²) in [4.78, 5) is 53.2. The molecule has 0 saturated carbocycles. The van der Waals surface area contributed by atoms with Crippen LogP contribution in [0.15, 0.2) is 70.8 Å².